The van der Waals surface area contributed by atoms with Crippen molar-refractivity contribution >= 4 is 0 Å². The second-order valence-corrected chi connectivity index (χ2v) is 5.07. The lowest BCUT2D eigenvalue weighted by atomic mass is 9.86. The van der Waals surface area contributed by atoms with Gasteiger partial charge in [-0.2, -0.15) is 0 Å². The van der Waals surface area contributed by atoms with Crippen molar-refractivity contribution in [2.45, 2.75) is 25.9 Å². The number of hydrogen-bond donors (Lipinski definition) is 0. The molecule has 0 N–H and O–H groups in total. The average Bonchev–Trinajstić information content (AvgIpc) is 2.46. The van der Waals surface area contributed by atoms with Crippen molar-refractivity contribution < 1.29 is 4.74 Å². The van der Waals surface area contributed by atoms with E-state index in [1.165, 1.54) is 0 Å². The van der Waals surface area contributed by atoms with Gasteiger partial charge in [0.15, 0.2) is 0 Å². The fraction of sp³-hybridized carbons (Fsp3) is 0.222. The topological polar surface area (TPSA) is 9.23 Å². The lowest BCUT2D eigenvalue weighted by molar-refractivity contribution is 0.305. The fourth-order valence-electron chi connectivity index (χ4n) is 1.80. The van der Waals surface area contributed by atoms with Crippen molar-refractivity contribution in [2.24, 2.45) is 0 Å². The van der Waals surface area contributed by atoms with Gasteiger partial charge in [-0.1, -0.05) is 48.4 Å². The fourth-order valence-corrected chi connectivity index (χ4v) is 1.80. The normalized spacial score (nSPS) is 10.8. The summed E-state index contributed by atoms with van der Waals surface area (Å²) in [6.07, 6.45) is 5.56. The van der Waals surface area contributed by atoms with Gasteiger partial charge in [0.1, 0.15) is 12.4 Å². The van der Waals surface area contributed by atoms with Gasteiger partial charge in [-0.05, 0) is 37.1 Å². The molecule has 0 bridgehead atoms. The van der Waals surface area contributed by atoms with Crippen LogP contribution < -0.4 is 4.74 Å². The van der Waals surface area contributed by atoms with Crippen LogP contribution in [0.4, 0.5) is 0 Å². The third-order valence-electron chi connectivity index (χ3n) is 3.16. The summed E-state index contributed by atoms with van der Waals surface area (Å²) in [6, 6.07) is 18.1. The maximum absolute atomic E-state index is 5.80. The van der Waals surface area contributed by atoms with Crippen molar-refractivity contribution in [3.63, 3.8) is 0 Å². The third-order valence-corrected chi connectivity index (χ3v) is 3.16. The van der Waals surface area contributed by atoms with Crippen molar-refractivity contribution in [2.75, 3.05) is 0 Å². The third kappa shape index (κ3) is 3.39. The Bertz CT molecular complexity index is 576. The van der Waals surface area contributed by atoms with E-state index in [-0.39, 0.29) is 5.41 Å². The molecule has 0 saturated carbocycles. The van der Waals surface area contributed by atoms with Gasteiger partial charge in [-0.3, -0.25) is 0 Å². The molecular formula is C18H18O. The van der Waals surface area contributed by atoms with Gasteiger partial charge in [0.2, 0.25) is 0 Å². The van der Waals surface area contributed by atoms with Gasteiger partial charge in [-0.15, -0.1) is 6.42 Å². The zero-order valence-electron chi connectivity index (χ0n) is 11.4. The summed E-state index contributed by atoms with van der Waals surface area (Å²) in [6.45, 7) is 4.63. The quantitative estimate of drug-likeness (QED) is 0.740. The van der Waals surface area contributed by atoms with Gasteiger partial charge in [0.25, 0.3) is 0 Å². The van der Waals surface area contributed by atoms with Crippen LogP contribution in [0.1, 0.15) is 25.0 Å². The summed E-state index contributed by atoms with van der Waals surface area (Å²) in [7, 11) is 0. The van der Waals surface area contributed by atoms with Gasteiger partial charge in [0, 0.05) is 0 Å². The first-order chi connectivity index (χ1) is 9.12. The summed E-state index contributed by atoms with van der Waals surface area (Å²) in [5.41, 5.74) is 1.98. The Kier molecular flexibility index (Phi) is 3.92. The zero-order chi connectivity index (χ0) is 13.7. The highest BCUT2D eigenvalue weighted by atomic mass is 16.5. The lowest BCUT2D eigenvalue weighted by Crippen LogP contribution is -2.13. The van der Waals surface area contributed by atoms with Crippen LogP contribution in [0.5, 0.6) is 5.75 Å². The van der Waals surface area contributed by atoms with E-state index in [0.29, 0.717) is 6.61 Å². The second kappa shape index (κ2) is 5.63. The Labute approximate surface area is 115 Å². The van der Waals surface area contributed by atoms with Crippen molar-refractivity contribution in [3.8, 4) is 18.1 Å². The van der Waals surface area contributed by atoms with Gasteiger partial charge in [0.05, 0.1) is 5.41 Å². The molecule has 0 radical (unpaired) electrons. The molecule has 0 aliphatic heterocycles. The standard InChI is InChI=1S/C18H18O/c1-4-18(2,3)16-11-8-12-17(13-16)19-14-15-9-6-5-7-10-15/h1,5-13H,14H2,2-3H3. The monoisotopic (exact) mass is 250 g/mol. The van der Waals surface area contributed by atoms with Crippen LogP contribution in [-0.2, 0) is 12.0 Å². The summed E-state index contributed by atoms with van der Waals surface area (Å²) in [4.78, 5) is 0. The smallest absolute Gasteiger partial charge is 0.120 e. The van der Waals surface area contributed by atoms with Crippen LogP contribution in [0, 0.1) is 12.3 Å². The summed E-state index contributed by atoms with van der Waals surface area (Å²) < 4.78 is 5.80. The van der Waals surface area contributed by atoms with E-state index < -0.39 is 0 Å². The predicted octanol–water partition coefficient (Wildman–Crippen LogP) is 4.18. The minimum Gasteiger partial charge on any atom is -0.489 e. The number of terminal acetylenes is 1. The molecular weight excluding hydrogens is 232 g/mol. The molecule has 2 rings (SSSR count). The van der Waals surface area contributed by atoms with Crippen LogP contribution in [0.15, 0.2) is 54.6 Å². The first kappa shape index (κ1) is 13.2. The Balaban J connectivity index is 2.10. The van der Waals surface area contributed by atoms with Crippen molar-refractivity contribution in [3.05, 3.63) is 65.7 Å². The Hall–Kier alpha value is -2.20. The van der Waals surface area contributed by atoms with E-state index in [1.807, 2.05) is 56.3 Å². The summed E-state index contributed by atoms with van der Waals surface area (Å²) in [5, 5.41) is 0. The SMILES string of the molecule is C#CC(C)(C)c1cccc(OCc2ccccc2)c1. The van der Waals surface area contributed by atoms with Gasteiger partial charge >= 0.3 is 0 Å². The Morgan fingerprint density at radius 3 is 2.47 bits per heavy atom. The maximum atomic E-state index is 5.80. The molecule has 0 fully saturated rings. The van der Waals surface area contributed by atoms with Crippen LogP contribution in [-0.4, -0.2) is 0 Å². The Morgan fingerprint density at radius 2 is 1.79 bits per heavy atom. The van der Waals surface area contributed by atoms with Crippen LogP contribution in [0.25, 0.3) is 0 Å². The maximum Gasteiger partial charge on any atom is 0.120 e. The first-order valence-electron chi connectivity index (χ1n) is 6.37. The lowest BCUT2D eigenvalue weighted by Gasteiger charge is -2.18. The molecule has 2 aromatic carbocycles. The summed E-state index contributed by atoms with van der Waals surface area (Å²) >= 11 is 0. The predicted molar refractivity (Wildman–Crippen MR) is 79.1 cm³/mol. The highest BCUT2D eigenvalue weighted by molar-refractivity contribution is 5.37. The number of ether oxygens (including phenoxy) is 1. The second-order valence-electron chi connectivity index (χ2n) is 5.07. The molecule has 0 aliphatic carbocycles. The van der Waals surface area contributed by atoms with E-state index in [9.17, 15) is 0 Å². The number of hydrogen-bond acceptors (Lipinski definition) is 1. The molecule has 0 aromatic heterocycles. The number of rotatable bonds is 4. The van der Waals surface area contributed by atoms with Crippen LogP contribution >= 0.6 is 0 Å². The molecule has 1 nitrogen and oxygen atoms in total. The van der Waals surface area contributed by atoms with Gasteiger partial charge in [-0.25, -0.2) is 0 Å². The molecule has 2 aromatic rings. The molecule has 19 heavy (non-hydrogen) atoms. The van der Waals surface area contributed by atoms with Crippen LogP contribution in [0.3, 0.4) is 0 Å². The molecule has 0 atom stereocenters. The highest BCUT2D eigenvalue weighted by Crippen LogP contribution is 2.25. The number of benzene rings is 2. The van der Waals surface area contributed by atoms with Crippen molar-refractivity contribution in [1.29, 1.82) is 0 Å². The summed E-state index contributed by atoms with van der Waals surface area (Å²) in [5.74, 6) is 3.65. The molecule has 0 heterocycles. The molecule has 0 spiro atoms. The first-order valence-corrected chi connectivity index (χ1v) is 6.37. The molecule has 0 aliphatic rings. The van der Waals surface area contributed by atoms with E-state index >= 15 is 0 Å². The molecule has 0 unspecified atom stereocenters. The van der Waals surface area contributed by atoms with E-state index in [2.05, 4.69) is 18.1 Å². The molecule has 0 amide bonds. The minimum absolute atomic E-state index is 0.272. The van der Waals surface area contributed by atoms with E-state index in [1.54, 1.807) is 0 Å². The minimum atomic E-state index is -0.272. The largest absolute Gasteiger partial charge is 0.489 e. The Morgan fingerprint density at radius 1 is 1.05 bits per heavy atom. The van der Waals surface area contributed by atoms with Crippen molar-refractivity contribution in [1.82, 2.24) is 0 Å². The molecule has 96 valence electrons. The molecule has 0 saturated heterocycles. The van der Waals surface area contributed by atoms with E-state index in [4.69, 9.17) is 11.2 Å². The van der Waals surface area contributed by atoms with Gasteiger partial charge < -0.3 is 4.74 Å². The van der Waals surface area contributed by atoms with E-state index in [0.717, 1.165) is 16.9 Å². The molecule has 1 heteroatoms. The zero-order valence-corrected chi connectivity index (χ0v) is 11.4. The van der Waals surface area contributed by atoms with Crippen LogP contribution in [0.2, 0.25) is 0 Å². The average molecular weight is 250 g/mol. The highest BCUT2D eigenvalue weighted by Gasteiger charge is 2.17.